The predicted octanol–water partition coefficient (Wildman–Crippen LogP) is 0.479. The number of aliphatic hydroxyl groups excluding tert-OH is 1. The molecule has 0 aliphatic carbocycles. The van der Waals surface area contributed by atoms with E-state index >= 15 is 0 Å². The van der Waals surface area contributed by atoms with Crippen molar-refractivity contribution in [2.24, 2.45) is 0 Å². The lowest BCUT2D eigenvalue weighted by Gasteiger charge is -2.16. The van der Waals surface area contributed by atoms with Gasteiger partial charge in [0.2, 0.25) is 5.95 Å². The first-order chi connectivity index (χ1) is 7.29. The Bertz CT molecular complexity index is 331. The topological polar surface area (TPSA) is 61.3 Å². The molecule has 2 N–H and O–H groups in total. The standard InChI is InChI=1S/C10H16N4O/c1-2-11-10-12-5-3-9(13-10)14-6-4-8(15)7-14/h3,5,8,15H,2,4,6-7H2,1H3,(H,11,12,13). The molecule has 1 aliphatic rings. The third kappa shape index (κ3) is 2.36. The minimum atomic E-state index is -0.220. The largest absolute Gasteiger partial charge is 0.391 e. The van der Waals surface area contributed by atoms with Gasteiger partial charge in [0.25, 0.3) is 0 Å². The molecule has 0 amide bonds. The first-order valence-electron chi connectivity index (χ1n) is 5.29. The molecule has 0 radical (unpaired) electrons. The minimum absolute atomic E-state index is 0.220. The second-order valence-corrected chi connectivity index (χ2v) is 3.66. The molecule has 1 aliphatic heterocycles. The molecular weight excluding hydrogens is 192 g/mol. The first kappa shape index (κ1) is 10.2. The highest BCUT2D eigenvalue weighted by Gasteiger charge is 2.21. The van der Waals surface area contributed by atoms with E-state index in [-0.39, 0.29) is 6.10 Å². The third-order valence-electron chi connectivity index (χ3n) is 2.46. The summed E-state index contributed by atoms with van der Waals surface area (Å²) in [5.41, 5.74) is 0. The van der Waals surface area contributed by atoms with Crippen LogP contribution in [0.5, 0.6) is 0 Å². The quantitative estimate of drug-likeness (QED) is 0.756. The lowest BCUT2D eigenvalue weighted by molar-refractivity contribution is 0.198. The Balaban J connectivity index is 2.10. The molecule has 0 bridgehead atoms. The van der Waals surface area contributed by atoms with Crippen LogP contribution in [0.2, 0.25) is 0 Å². The molecule has 5 heteroatoms. The summed E-state index contributed by atoms with van der Waals surface area (Å²) < 4.78 is 0. The Morgan fingerprint density at radius 2 is 2.53 bits per heavy atom. The molecule has 2 rings (SSSR count). The molecule has 1 unspecified atom stereocenters. The second kappa shape index (κ2) is 4.44. The van der Waals surface area contributed by atoms with Crippen LogP contribution in [-0.2, 0) is 0 Å². The predicted molar refractivity (Wildman–Crippen MR) is 59.0 cm³/mol. The van der Waals surface area contributed by atoms with Crippen molar-refractivity contribution in [1.82, 2.24) is 9.97 Å². The summed E-state index contributed by atoms with van der Waals surface area (Å²) in [5.74, 6) is 1.54. The van der Waals surface area contributed by atoms with Crippen molar-refractivity contribution >= 4 is 11.8 Å². The van der Waals surface area contributed by atoms with Crippen LogP contribution in [0.1, 0.15) is 13.3 Å². The second-order valence-electron chi connectivity index (χ2n) is 3.66. The first-order valence-corrected chi connectivity index (χ1v) is 5.29. The molecule has 1 aromatic rings. The van der Waals surface area contributed by atoms with Crippen LogP contribution in [-0.4, -0.2) is 40.8 Å². The number of nitrogens with one attached hydrogen (secondary N) is 1. The van der Waals surface area contributed by atoms with E-state index in [0.29, 0.717) is 12.5 Å². The summed E-state index contributed by atoms with van der Waals surface area (Å²) in [6, 6.07) is 1.87. The fourth-order valence-electron chi connectivity index (χ4n) is 1.72. The van der Waals surface area contributed by atoms with E-state index in [1.165, 1.54) is 0 Å². The minimum Gasteiger partial charge on any atom is -0.391 e. The summed E-state index contributed by atoms with van der Waals surface area (Å²) in [7, 11) is 0. The van der Waals surface area contributed by atoms with E-state index < -0.39 is 0 Å². The monoisotopic (exact) mass is 208 g/mol. The van der Waals surface area contributed by atoms with Crippen molar-refractivity contribution in [3.8, 4) is 0 Å². The molecular formula is C10H16N4O. The molecule has 1 saturated heterocycles. The van der Waals surface area contributed by atoms with Gasteiger partial charge in [0, 0.05) is 25.8 Å². The molecule has 0 aromatic carbocycles. The molecule has 0 saturated carbocycles. The Hall–Kier alpha value is -1.36. The van der Waals surface area contributed by atoms with E-state index in [1.54, 1.807) is 6.20 Å². The van der Waals surface area contributed by atoms with E-state index in [2.05, 4.69) is 20.2 Å². The van der Waals surface area contributed by atoms with Gasteiger partial charge in [0.15, 0.2) is 0 Å². The Morgan fingerprint density at radius 1 is 1.67 bits per heavy atom. The Labute approximate surface area is 89.2 Å². The molecule has 0 spiro atoms. The summed E-state index contributed by atoms with van der Waals surface area (Å²) in [4.78, 5) is 10.6. The van der Waals surface area contributed by atoms with Gasteiger partial charge in [-0.1, -0.05) is 0 Å². The fourth-order valence-corrected chi connectivity index (χ4v) is 1.72. The number of β-amino-alcohol motifs (C(OH)–C–C–N with tert-alkyl or cyclic N) is 1. The van der Waals surface area contributed by atoms with Gasteiger partial charge in [-0.05, 0) is 19.4 Å². The van der Waals surface area contributed by atoms with E-state index in [4.69, 9.17) is 0 Å². The van der Waals surface area contributed by atoms with Crippen molar-refractivity contribution in [3.63, 3.8) is 0 Å². The summed E-state index contributed by atoms with van der Waals surface area (Å²) >= 11 is 0. The van der Waals surface area contributed by atoms with Gasteiger partial charge in [0.05, 0.1) is 6.10 Å². The van der Waals surface area contributed by atoms with Gasteiger partial charge >= 0.3 is 0 Å². The van der Waals surface area contributed by atoms with Gasteiger partial charge in [0.1, 0.15) is 5.82 Å². The lowest BCUT2D eigenvalue weighted by atomic mass is 10.3. The smallest absolute Gasteiger partial charge is 0.224 e. The number of anilines is 2. The number of hydrogen-bond donors (Lipinski definition) is 2. The maximum atomic E-state index is 9.43. The fraction of sp³-hybridized carbons (Fsp3) is 0.600. The highest BCUT2D eigenvalue weighted by Crippen LogP contribution is 2.18. The molecule has 1 fully saturated rings. The van der Waals surface area contributed by atoms with Crippen LogP contribution < -0.4 is 10.2 Å². The van der Waals surface area contributed by atoms with E-state index in [0.717, 1.165) is 25.3 Å². The SMILES string of the molecule is CCNc1nccc(N2CCC(O)C2)n1. The lowest BCUT2D eigenvalue weighted by Crippen LogP contribution is -2.22. The molecule has 2 heterocycles. The maximum absolute atomic E-state index is 9.43. The van der Waals surface area contributed by atoms with Crippen molar-refractivity contribution < 1.29 is 5.11 Å². The van der Waals surface area contributed by atoms with Crippen LogP contribution in [0.4, 0.5) is 11.8 Å². The zero-order valence-electron chi connectivity index (χ0n) is 8.85. The average molecular weight is 208 g/mol. The van der Waals surface area contributed by atoms with Gasteiger partial charge in [-0.25, -0.2) is 4.98 Å². The summed E-state index contributed by atoms with van der Waals surface area (Å²) in [6.45, 7) is 4.36. The molecule has 5 nitrogen and oxygen atoms in total. The van der Waals surface area contributed by atoms with Crippen molar-refractivity contribution in [3.05, 3.63) is 12.3 Å². The van der Waals surface area contributed by atoms with Crippen molar-refractivity contribution in [2.45, 2.75) is 19.4 Å². The highest BCUT2D eigenvalue weighted by atomic mass is 16.3. The number of aromatic nitrogens is 2. The van der Waals surface area contributed by atoms with Crippen LogP contribution in [0, 0.1) is 0 Å². The van der Waals surface area contributed by atoms with Gasteiger partial charge < -0.3 is 15.3 Å². The number of aliphatic hydroxyl groups is 1. The molecule has 82 valence electrons. The number of hydrogen-bond acceptors (Lipinski definition) is 5. The van der Waals surface area contributed by atoms with Crippen LogP contribution in [0.3, 0.4) is 0 Å². The maximum Gasteiger partial charge on any atom is 0.224 e. The zero-order chi connectivity index (χ0) is 10.7. The number of rotatable bonds is 3. The van der Waals surface area contributed by atoms with Crippen LogP contribution in [0.15, 0.2) is 12.3 Å². The highest BCUT2D eigenvalue weighted by molar-refractivity contribution is 5.43. The van der Waals surface area contributed by atoms with Crippen LogP contribution >= 0.6 is 0 Å². The van der Waals surface area contributed by atoms with Crippen molar-refractivity contribution in [2.75, 3.05) is 29.9 Å². The van der Waals surface area contributed by atoms with Gasteiger partial charge in [-0.2, -0.15) is 4.98 Å². The average Bonchev–Trinajstić information content (AvgIpc) is 2.66. The van der Waals surface area contributed by atoms with E-state index in [1.807, 2.05) is 13.0 Å². The van der Waals surface area contributed by atoms with Gasteiger partial charge in [-0.15, -0.1) is 0 Å². The molecule has 1 aromatic heterocycles. The Kier molecular flexibility index (Phi) is 3.01. The van der Waals surface area contributed by atoms with E-state index in [9.17, 15) is 5.11 Å². The number of nitrogens with zero attached hydrogens (tertiary/aromatic N) is 3. The third-order valence-corrected chi connectivity index (χ3v) is 2.46. The molecule has 1 atom stereocenters. The van der Waals surface area contributed by atoms with Crippen molar-refractivity contribution in [1.29, 1.82) is 0 Å². The molecule has 15 heavy (non-hydrogen) atoms. The summed E-state index contributed by atoms with van der Waals surface area (Å²) in [5, 5.41) is 12.5. The zero-order valence-corrected chi connectivity index (χ0v) is 8.85. The normalized spacial score (nSPS) is 20.7. The van der Waals surface area contributed by atoms with Crippen LogP contribution in [0.25, 0.3) is 0 Å². The van der Waals surface area contributed by atoms with Gasteiger partial charge in [-0.3, -0.25) is 0 Å². The Morgan fingerprint density at radius 3 is 3.20 bits per heavy atom. The summed E-state index contributed by atoms with van der Waals surface area (Å²) in [6.07, 6.45) is 2.34.